The summed E-state index contributed by atoms with van der Waals surface area (Å²) in [5.41, 5.74) is -1.05. The molecule has 1 aromatic rings. The first-order valence-electron chi connectivity index (χ1n) is 10.6. The molecule has 1 aliphatic rings. The first-order valence-corrected chi connectivity index (χ1v) is 13.5. The van der Waals surface area contributed by atoms with E-state index in [1.807, 2.05) is 13.0 Å². The zero-order valence-electron chi connectivity index (χ0n) is 19.8. The topological polar surface area (TPSA) is 109 Å². The van der Waals surface area contributed by atoms with Gasteiger partial charge in [0.25, 0.3) is 5.56 Å². The van der Waals surface area contributed by atoms with E-state index in [1.54, 1.807) is 6.08 Å². The SMILES string of the molecule is CCO[C@@H]1C=C[C@H](n2cc(/C=C/C(=O)OC)c(=O)[nH]c2=O)C(CO[Si](C)(C)C(C)(C)C)O1. The standard InChI is InChI=1S/C22H34N2O7Si/c1-8-29-19-12-10-16(17(31-19)14-30-32(6,7)22(2,3)4)24-13-15(9-11-18(25)28-5)20(26)23-21(24)27/h9-13,16-17,19H,8,14H2,1-7H3,(H,23,26,27)/b11-9+/t16-,17?,19-/m0/s1. The fourth-order valence-electron chi connectivity index (χ4n) is 2.87. The number of esters is 1. The highest BCUT2D eigenvalue weighted by Gasteiger charge is 2.39. The number of carbonyl (C=O) groups is 1. The maximum absolute atomic E-state index is 12.6. The second-order valence-corrected chi connectivity index (χ2v) is 13.9. The molecular weight excluding hydrogens is 432 g/mol. The number of hydrogen-bond acceptors (Lipinski definition) is 7. The third-order valence-electron chi connectivity index (χ3n) is 5.82. The molecule has 1 aromatic heterocycles. The number of carbonyl (C=O) groups excluding carboxylic acids is 1. The largest absolute Gasteiger partial charge is 0.466 e. The highest BCUT2D eigenvalue weighted by molar-refractivity contribution is 6.74. The van der Waals surface area contributed by atoms with Gasteiger partial charge < -0.3 is 18.6 Å². The number of nitrogens with one attached hydrogen (secondary N) is 1. The zero-order chi connectivity index (χ0) is 24.1. The van der Waals surface area contributed by atoms with Crippen LogP contribution in [-0.2, 0) is 23.4 Å². The molecule has 1 unspecified atom stereocenters. The Morgan fingerprint density at radius 3 is 2.56 bits per heavy atom. The summed E-state index contributed by atoms with van der Waals surface area (Å²) in [5.74, 6) is -0.608. The summed E-state index contributed by atoms with van der Waals surface area (Å²) < 4.78 is 24.0. The zero-order valence-corrected chi connectivity index (χ0v) is 20.8. The molecule has 0 aliphatic carbocycles. The molecule has 0 fully saturated rings. The molecule has 1 N–H and O–H groups in total. The van der Waals surface area contributed by atoms with Crippen LogP contribution in [0.25, 0.3) is 6.08 Å². The average Bonchev–Trinajstić information content (AvgIpc) is 2.71. The lowest BCUT2D eigenvalue weighted by molar-refractivity contribution is -0.163. The first kappa shape index (κ1) is 26.0. The van der Waals surface area contributed by atoms with Crippen LogP contribution in [0.5, 0.6) is 0 Å². The van der Waals surface area contributed by atoms with E-state index in [4.69, 9.17) is 13.9 Å². The molecule has 0 aromatic carbocycles. The molecule has 178 valence electrons. The Balaban J connectivity index is 2.41. The van der Waals surface area contributed by atoms with Crippen molar-refractivity contribution in [2.45, 2.75) is 64.3 Å². The van der Waals surface area contributed by atoms with Gasteiger partial charge >= 0.3 is 11.7 Å². The molecule has 0 spiro atoms. The fraction of sp³-hybridized carbons (Fsp3) is 0.591. The molecule has 0 bridgehead atoms. The van der Waals surface area contributed by atoms with Crippen LogP contribution < -0.4 is 11.2 Å². The summed E-state index contributed by atoms with van der Waals surface area (Å²) in [4.78, 5) is 38.5. The van der Waals surface area contributed by atoms with Crippen molar-refractivity contribution in [3.63, 3.8) is 0 Å². The maximum atomic E-state index is 12.6. The molecule has 0 saturated heterocycles. The Kier molecular flexibility index (Phi) is 8.58. The van der Waals surface area contributed by atoms with Crippen LogP contribution in [0.2, 0.25) is 18.1 Å². The monoisotopic (exact) mass is 466 g/mol. The number of H-pyrrole nitrogens is 1. The Morgan fingerprint density at radius 1 is 1.28 bits per heavy atom. The predicted molar refractivity (Wildman–Crippen MR) is 124 cm³/mol. The van der Waals surface area contributed by atoms with Gasteiger partial charge in [0, 0.05) is 18.9 Å². The second-order valence-electron chi connectivity index (χ2n) is 9.05. The van der Waals surface area contributed by atoms with Crippen LogP contribution in [0.1, 0.15) is 39.3 Å². The van der Waals surface area contributed by atoms with Crippen molar-refractivity contribution in [3.05, 3.63) is 50.8 Å². The predicted octanol–water partition coefficient (Wildman–Crippen LogP) is 2.60. The molecule has 0 amide bonds. The van der Waals surface area contributed by atoms with Gasteiger partial charge in [-0.05, 0) is 37.2 Å². The minimum absolute atomic E-state index is 0.00694. The lowest BCUT2D eigenvalue weighted by atomic mass is 10.1. The molecule has 2 rings (SSSR count). The number of methoxy groups -OCH3 is 1. The molecular formula is C22H34N2O7Si. The van der Waals surface area contributed by atoms with Crippen LogP contribution in [0, 0.1) is 0 Å². The maximum Gasteiger partial charge on any atom is 0.330 e. The number of ether oxygens (including phenoxy) is 3. The second kappa shape index (κ2) is 10.6. The Bertz CT molecular complexity index is 972. The fourth-order valence-corrected chi connectivity index (χ4v) is 3.88. The summed E-state index contributed by atoms with van der Waals surface area (Å²) in [6, 6.07) is -0.536. The Hall–Kier alpha value is -2.27. The lowest BCUT2D eigenvalue weighted by Gasteiger charge is -2.39. The van der Waals surface area contributed by atoms with Crippen LogP contribution in [0.3, 0.4) is 0 Å². The number of hydrogen-bond donors (Lipinski definition) is 1. The summed E-state index contributed by atoms with van der Waals surface area (Å²) in [6.07, 6.45) is 6.30. The highest BCUT2D eigenvalue weighted by Crippen LogP contribution is 2.37. The van der Waals surface area contributed by atoms with E-state index in [1.165, 1.54) is 23.9 Å². The van der Waals surface area contributed by atoms with Crippen molar-refractivity contribution >= 4 is 20.4 Å². The van der Waals surface area contributed by atoms with Crippen molar-refractivity contribution in [1.29, 1.82) is 0 Å². The number of nitrogens with zero attached hydrogens (tertiary/aromatic N) is 1. The van der Waals surface area contributed by atoms with Gasteiger partial charge in [-0.1, -0.05) is 26.8 Å². The van der Waals surface area contributed by atoms with Gasteiger partial charge in [-0.15, -0.1) is 0 Å². The quantitative estimate of drug-likeness (QED) is 0.271. The Morgan fingerprint density at radius 2 is 1.97 bits per heavy atom. The van der Waals surface area contributed by atoms with E-state index in [2.05, 4.69) is 43.6 Å². The van der Waals surface area contributed by atoms with Gasteiger partial charge in [0.1, 0.15) is 6.10 Å². The van der Waals surface area contributed by atoms with E-state index in [0.717, 1.165) is 6.08 Å². The van der Waals surface area contributed by atoms with E-state index in [9.17, 15) is 14.4 Å². The van der Waals surface area contributed by atoms with Crippen molar-refractivity contribution < 1.29 is 23.4 Å². The van der Waals surface area contributed by atoms with Gasteiger partial charge in [0.15, 0.2) is 14.6 Å². The third-order valence-corrected chi connectivity index (χ3v) is 10.3. The smallest absolute Gasteiger partial charge is 0.330 e. The summed E-state index contributed by atoms with van der Waals surface area (Å²) in [6.45, 7) is 13.3. The molecule has 10 heteroatoms. The summed E-state index contributed by atoms with van der Waals surface area (Å²) in [5, 5.41) is 0.00694. The van der Waals surface area contributed by atoms with Crippen molar-refractivity contribution in [3.8, 4) is 0 Å². The van der Waals surface area contributed by atoms with Gasteiger partial charge in [-0.3, -0.25) is 14.3 Å². The molecule has 1 aliphatic heterocycles. The van der Waals surface area contributed by atoms with Crippen molar-refractivity contribution in [2.24, 2.45) is 0 Å². The third kappa shape index (κ3) is 6.38. The van der Waals surface area contributed by atoms with E-state index < -0.39 is 44.0 Å². The highest BCUT2D eigenvalue weighted by atomic mass is 28.4. The van der Waals surface area contributed by atoms with E-state index >= 15 is 0 Å². The first-order chi connectivity index (χ1) is 14.9. The minimum Gasteiger partial charge on any atom is -0.466 e. The van der Waals surface area contributed by atoms with Gasteiger partial charge in [0.2, 0.25) is 0 Å². The van der Waals surface area contributed by atoms with E-state index in [-0.39, 0.29) is 17.2 Å². The molecule has 0 saturated carbocycles. The van der Waals surface area contributed by atoms with Gasteiger partial charge in [0.05, 0.1) is 25.3 Å². The Labute approximate surface area is 189 Å². The normalized spacial score (nSPS) is 21.8. The number of aromatic nitrogens is 2. The van der Waals surface area contributed by atoms with E-state index in [0.29, 0.717) is 6.61 Å². The number of rotatable bonds is 8. The summed E-state index contributed by atoms with van der Waals surface area (Å²) in [7, 11) is -0.836. The number of aromatic amines is 1. The van der Waals surface area contributed by atoms with Gasteiger partial charge in [-0.2, -0.15) is 0 Å². The average molecular weight is 467 g/mol. The van der Waals surface area contributed by atoms with Crippen LogP contribution >= 0.6 is 0 Å². The van der Waals surface area contributed by atoms with Crippen molar-refractivity contribution in [1.82, 2.24) is 9.55 Å². The lowest BCUT2D eigenvalue weighted by Crippen LogP contribution is -2.47. The molecule has 0 radical (unpaired) electrons. The molecule has 2 heterocycles. The molecule has 9 nitrogen and oxygen atoms in total. The molecule has 32 heavy (non-hydrogen) atoms. The van der Waals surface area contributed by atoms with Crippen LogP contribution in [0.4, 0.5) is 0 Å². The van der Waals surface area contributed by atoms with Gasteiger partial charge in [-0.25, -0.2) is 9.59 Å². The summed E-state index contributed by atoms with van der Waals surface area (Å²) >= 11 is 0. The van der Waals surface area contributed by atoms with Crippen LogP contribution in [-0.4, -0.2) is 56.6 Å². The minimum atomic E-state index is -2.08. The van der Waals surface area contributed by atoms with Crippen LogP contribution in [0.15, 0.2) is 34.0 Å². The molecule has 3 atom stereocenters. The van der Waals surface area contributed by atoms with Crippen molar-refractivity contribution in [2.75, 3.05) is 20.3 Å².